The minimum atomic E-state index is -1.76. The van der Waals surface area contributed by atoms with E-state index in [0.717, 1.165) is 0 Å². The van der Waals surface area contributed by atoms with Gasteiger partial charge in [0, 0.05) is 6.42 Å². The molecule has 19 heteroatoms. The molecule has 1 aliphatic heterocycles. The molecule has 0 unspecified atom stereocenters. The van der Waals surface area contributed by atoms with Crippen LogP contribution in [-0.4, -0.2) is 111 Å². The fourth-order valence-electron chi connectivity index (χ4n) is 4.34. The lowest BCUT2D eigenvalue weighted by Crippen LogP contribution is -2.62. The third kappa shape index (κ3) is 13.4. The predicted molar refractivity (Wildman–Crippen MR) is 156 cm³/mol. The molecule has 258 valence electrons. The molecule has 0 bridgehead atoms. The Morgan fingerprint density at radius 1 is 0.609 bits per heavy atom. The molecule has 0 radical (unpaired) electrons. The van der Waals surface area contributed by atoms with Gasteiger partial charge in [-0.1, -0.05) is 13.8 Å². The van der Waals surface area contributed by atoms with Crippen LogP contribution in [0, 0.1) is 5.92 Å². The van der Waals surface area contributed by atoms with Crippen molar-refractivity contribution in [2.75, 3.05) is 6.54 Å². The Morgan fingerprint density at radius 3 is 1.52 bits per heavy atom. The highest BCUT2D eigenvalue weighted by atomic mass is 16.4. The molecule has 0 aliphatic carbocycles. The molecule has 19 nitrogen and oxygen atoms in total. The number of hydrogen-bond donors (Lipinski definition) is 10. The van der Waals surface area contributed by atoms with Gasteiger partial charge in [0.2, 0.25) is 35.4 Å². The average molecular weight is 658 g/mol. The third-order valence-corrected chi connectivity index (χ3v) is 6.88. The van der Waals surface area contributed by atoms with Gasteiger partial charge in [0.15, 0.2) is 0 Å². The van der Waals surface area contributed by atoms with Crippen LogP contribution in [0.15, 0.2) is 0 Å². The number of carbonyl (C=O) groups is 9. The van der Waals surface area contributed by atoms with E-state index in [1.165, 1.54) is 20.8 Å². The number of carboxylic acids is 3. The Bertz CT molecular complexity index is 1180. The van der Waals surface area contributed by atoms with Gasteiger partial charge in [-0.05, 0) is 45.1 Å². The van der Waals surface area contributed by atoms with Crippen molar-refractivity contribution < 1.29 is 58.5 Å². The smallest absolute Gasteiger partial charge is 0.305 e. The van der Waals surface area contributed by atoms with E-state index in [4.69, 9.17) is 10.8 Å². The average Bonchev–Trinajstić information content (AvgIpc) is 2.94. The first-order valence-electron chi connectivity index (χ1n) is 14.6. The first kappa shape index (κ1) is 39.2. The summed E-state index contributed by atoms with van der Waals surface area (Å²) in [4.78, 5) is 113. The molecule has 0 saturated carbocycles. The van der Waals surface area contributed by atoms with Gasteiger partial charge in [-0.2, -0.15) is 0 Å². The monoisotopic (exact) mass is 657 g/mol. The molecule has 0 aromatic carbocycles. The lowest BCUT2D eigenvalue weighted by atomic mass is 10.0. The molecule has 1 heterocycles. The van der Waals surface area contributed by atoms with Crippen molar-refractivity contribution in [3.05, 3.63) is 0 Å². The first-order valence-corrected chi connectivity index (χ1v) is 14.6. The van der Waals surface area contributed by atoms with E-state index in [1.54, 1.807) is 0 Å². The topological polar surface area (TPSA) is 313 Å². The molecule has 6 amide bonds. The van der Waals surface area contributed by atoms with Crippen LogP contribution in [0.4, 0.5) is 0 Å². The van der Waals surface area contributed by atoms with Crippen LogP contribution in [0.3, 0.4) is 0 Å². The number of nitrogens with two attached hydrogens (primary N) is 1. The molecule has 1 rings (SSSR count). The second kappa shape index (κ2) is 18.9. The van der Waals surface area contributed by atoms with E-state index >= 15 is 0 Å². The van der Waals surface area contributed by atoms with Crippen LogP contribution >= 0.6 is 0 Å². The third-order valence-electron chi connectivity index (χ3n) is 6.88. The molecular formula is C27H43N7O12. The Kier molecular flexibility index (Phi) is 16.1. The zero-order valence-electron chi connectivity index (χ0n) is 25.8. The summed E-state index contributed by atoms with van der Waals surface area (Å²) in [7, 11) is 0. The summed E-state index contributed by atoms with van der Waals surface area (Å²) >= 11 is 0. The second-order valence-electron chi connectivity index (χ2n) is 11.1. The summed E-state index contributed by atoms with van der Waals surface area (Å²) in [6.07, 6.45) is -2.22. The Hall–Kier alpha value is -4.81. The molecule has 0 spiro atoms. The minimum Gasteiger partial charge on any atom is -0.481 e. The van der Waals surface area contributed by atoms with Crippen molar-refractivity contribution in [1.82, 2.24) is 31.9 Å². The van der Waals surface area contributed by atoms with E-state index in [9.17, 15) is 53.4 Å². The lowest BCUT2D eigenvalue weighted by Gasteiger charge is -2.29. The number of rotatable bonds is 12. The van der Waals surface area contributed by atoms with Crippen molar-refractivity contribution >= 4 is 53.4 Å². The molecule has 1 saturated heterocycles. The zero-order chi connectivity index (χ0) is 35.1. The van der Waals surface area contributed by atoms with Crippen LogP contribution in [-0.2, 0) is 43.2 Å². The predicted octanol–water partition coefficient (Wildman–Crippen LogP) is -3.47. The van der Waals surface area contributed by atoms with E-state index < -0.39 is 121 Å². The SMILES string of the molecule is CC(C)[C@@H]1NC(=O)[C@H](CC(=O)O)NC(=O)[C@H](CCCCN)NC(=O)[C@H](CCC(=O)O)NC(=O)[C@H](C)NC(=O)[C@H](CC(=O)O)NC1=O. The normalized spacial score (nSPS) is 25.5. The fraction of sp³-hybridized carbons (Fsp3) is 0.667. The van der Waals surface area contributed by atoms with E-state index in [2.05, 4.69) is 31.9 Å². The first-order chi connectivity index (χ1) is 21.5. The Labute approximate surface area is 264 Å². The number of carboxylic acid groups (broad SMARTS) is 3. The summed E-state index contributed by atoms with van der Waals surface area (Å²) in [6.45, 7) is 4.44. The maximum absolute atomic E-state index is 13.3. The molecule has 1 fully saturated rings. The Balaban J connectivity index is 3.65. The molecule has 11 N–H and O–H groups in total. The van der Waals surface area contributed by atoms with Gasteiger partial charge in [0.25, 0.3) is 0 Å². The molecule has 0 aromatic heterocycles. The van der Waals surface area contributed by atoms with E-state index in [0.29, 0.717) is 12.8 Å². The Morgan fingerprint density at radius 2 is 1.04 bits per heavy atom. The lowest BCUT2D eigenvalue weighted by molar-refractivity contribution is -0.142. The van der Waals surface area contributed by atoms with Crippen molar-refractivity contribution in [3.8, 4) is 0 Å². The molecule has 46 heavy (non-hydrogen) atoms. The largest absolute Gasteiger partial charge is 0.481 e. The maximum Gasteiger partial charge on any atom is 0.305 e. The number of carbonyl (C=O) groups excluding carboxylic acids is 6. The van der Waals surface area contributed by atoms with Crippen LogP contribution in [0.5, 0.6) is 0 Å². The van der Waals surface area contributed by atoms with Crippen molar-refractivity contribution in [3.63, 3.8) is 0 Å². The number of nitrogens with one attached hydrogen (secondary N) is 6. The van der Waals surface area contributed by atoms with Gasteiger partial charge < -0.3 is 53.0 Å². The highest BCUT2D eigenvalue weighted by Gasteiger charge is 2.36. The van der Waals surface area contributed by atoms with Gasteiger partial charge in [-0.15, -0.1) is 0 Å². The number of hydrogen-bond acceptors (Lipinski definition) is 10. The standard InChI is InChI=1S/C27H43N7O12/c1-12(2)21-27(46)33-16(10-19(37)38)25(44)29-13(3)22(41)30-15(7-8-18(35)36)24(43)31-14(6-4-5-9-28)23(42)32-17(11-20(39)40)26(45)34-21/h12-17,21H,4-11,28H2,1-3H3,(H,29,44)(H,30,41)(H,31,43)(H,32,42)(H,33,46)(H,34,45)(H,35,36)(H,37,38)(H,39,40)/t13-,14-,15-,16-,17-,21-/m0/s1. The highest BCUT2D eigenvalue weighted by molar-refractivity contribution is 5.99. The zero-order valence-corrected chi connectivity index (χ0v) is 25.8. The maximum atomic E-state index is 13.3. The molecule has 0 aromatic rings. The van der Waals surface area contributed by atoms with E-state index in [1.807, 2.05) is 0 Å². The summed E-state index contributed by atoms with van der Waals surface area (Å²) in [6, 6.07) is -9.27. The van der Waals surface area contributed by atoms with Gasteiger partial charge in [-0.3, -0.25) is 43.2 Å². The van der Waals surface area contributed by atoms with Crippen molar-refractivity contribution in [2.45, 2.75) is 102 Å². The van der Waals surface area contributed by atoms with Gasteiger partial charge in [-0.25, -0.2) is 0 Å². The van der Waals surface area contributed by atoms with Crippen LogP contribution in [0.2, 0.25) is 0 Å². The minimum absolute atomic E-state index is 0.0375. The number of unbranched alkanes of at least 4 members (excludes halogenated alkanes) is 1. The highest BCUT2D eigenvalue weighted by Crippen LogP contribution is 2.09. The molecule has 1 aliphatic rings. The van der Waals surface area contributed by atoms with E-state index in [-0.39, 0.29) is 13.0 Å². The van der Waals surface area contributed by atoms with Gasteiger partial charge in [0.05, 0.1) is 12.8 Å². The van der Waals surface area contributed by atoms with Crippen molar-refractivity contribution in [1.29, 1.82) is 0 Å². The van der Waals surface area contributed by atoms with Gasteiger partial charge >= 0.3 is 17.9 Å². The number of aliphatic carboxylic acids is 3. The number of amides is 6. The van der Waals surface area contributed by atoms with Crippen LogP contribution < -0.4 is 37.6 Å². The van der Waals surface area contributed by atoms with Crippen LogP contribution in [0.1, 0.15) is 65.7 Å². The quantitative estimate of drug-likeness (QED) is 0.0913. The molecule has 6 atom stereocenters. The summed E-state index contributed by atoms with van der Waals surface area (Å²) in [5, 5.41) is 41.7. The summed E-state index contributed by atoms with van der Waals surface area (Å²) in [5.41, 5.74) is 5.53. The second-order valence-corrected chi connectivity index (χ2v) is 11.1. The summed E-state index contributed by atoms with van der Waals surface area (Å²) in [5.74, 6) is -11.1. The van der Waals surface area contributed by atoms with Crippen molar-refractivity contribution in [2.24, 2.45) is 11.7 Å². The fourth-order valence-corrected chi connectivity index (χ4v) is 4.34. The van der Waals surface area contributed by atoms with Gasteiger partial charge in [0.1, 0.15) is 36.3 Å². The molecular weight excluding hydrogens is 614 g/mol. The van der Waals surface area contributed by atoms with Crippen LogP contribution in [0.25, 0.3) is 0 Å². The summed E-state index contributed by atoms with van der Waals surface area (Å²) < 4.78 is 0.